The van der Waals surface area contributed by atoms with Gasteiger partial charge in [-0.15, -0.1) is 0 Å². The number of hydrogen-bond donors (Lipinski definition) is 1. The van der Waals surface area contributed by atoms with Crippen molar-refractivity contribution < 1.29 is 4.79 Å². The van der Waals surface area contributed by atoms with E-state index in [1.165, 1.54) is 0 Å². The maximum Gasteiger partial charge on any atom is 0.247 e. The molecule has 0 spiro atoms. The van der Waals surface area contributed by atoms with Gasteiger partial charge < -0.3 is 10.2 Å². The molecule has 0 saturated carbocycles. The molecule has 3 aromatic heterocycles. The lowest BCUT2D eigenvalue weighted by Crippen LogP contribution is -2.38. The molecule has 1 N–H and O–H groups in total. The third-order valence-corrected chi connectivity index (χ3v) is 5.46. The average molecular weight is 433 g/mol. The van der Waals surface area contributed by atoms with E-state index in [2.05, 4.69) is 30.4 Å². The van der Waals surface area contributed by atoms with Crippen LogP contribution in [0.4, 0.5) is 11.8 Å². The molecule has 1 atom stereocenters. The number of aryl methyl sites for hydroxylation is 4. The number of carbonyl (C=O) groups is 1. The van der Waals surface area contributed by atoms with Crippen molar-refractivity contribution in [1.29, 1.82) is 0 Å². The SMILES string of the molecule is Cc1cc(C)nc(Nc2cc(C3CCCCN3C(=O)/C=C/c3ccnn3C)nc(C)n2)n1. The van der Waals surface area contributed by atoms with Crippen molar-refractivity contribution in [1.82, 2.24) is 34.6 Å². The van der Waals surface area contributed by atoms with Crippen molar-refractivity contribution in [3.63, 3.8) is 0 Å². The number of likely N-dealkylation sites (tertiary alicyclic amines) is 1. The number of nitrogens with zero attached hydrogens (tertiary/aromatic N) is 7. The molecule has 1 fully saturated rings. The van der Waals surface area contributed by atoms with E-state index in [0.717, 1.165) is 42.0 Å². The second-order valence-electron chi connectivity index (χ2n) is 8.08. The normalized spacial score (nSPS) is 16.5. The first kappa shape index (κ1) is 21.6. The first-order valence-corrected chi connectivity index (χ1v) is 10.8. The molecule has 32 heavy (non-hydrogen) atoms. The van der Waals surface area contributed by atoms with Gasteiger partial charge in [-0.05, 0) is 58.2 Å². The molecule has 9 nitrogen and oxygen atoms in total. The lowest BCUT2D eigenvalue weighted by Gasteiger charge is -2.35. The molecule has 4 rings (SSSR count). The number of rotatable bonds is 5. The van der Waals surface area contributed by atoms with Crippen molar-refractivity contribution in [2.45, 2.75) is 46.1 Å². The Hall–Kier alpha value is -3.62. The number of piperidine rings is 1. The number of hydrogen-bond acceptors (Lipinski definition) is 7. The Bertz CT molecular complexity index is 1130. The van der Waals surface area contributed by atoms with E-state index < -0.39 is 0 Å². The molecule has 1 amide bonds. The summed E-state index contributed by atoms with van der Waals surface area (Å²) in [5, 5.41) is 7.34. The van der Waals surface area contributed by atoms with Crippen LogP contribution in [0.5, 0.6) is 0 Å². The average Bonchev–Trinajstić information content (AvgIpc) is 3.15. The first-order valence-electron chi connectivity index (χ1n) is 10.8. The quantitative estimate of drug-likeness (QED) is 0.616. The molecular weight excluding hydrogens is 404 g/mol. The zero-order valence-corrected chi connectivity index (χ0v) is 18.9. The van der Waals surface area contributed by atoms with Crippen molar-refractivity contribution in [3.05, 3.63) is 59.1 Å². The maximum atomic E-state index is 13.1. The molecule has 0 bridgehead atoms. The summed E-state index contributed by atoms with van der Waals surface area (Å²) in [6, 6.07) is 5.59. The lowest BCUT2D eigenvalue weighted by molar-refractivity contribution is -0.129. The third kappa shape index (κ3) is 4.99. The minimum Gasteiger partial charge on any atom is -0.331 e. The van der Waals surface area contributed by atoms with Crippen LogP contribution in [0.3, 0.4) is 0 Å². The fourth-order valence-electron chi connectivity index (χ4n) is 4.02. The van der Waals surface area contributed by atoms with Crippen molar-refractivity contribution in [2.75, 3.05) is 11.9 Å². The highest BCUT2D eigenvalue weighted by Crippen LogP contribution is 2.31. The Labute approximate surface area is 187 Å². The topological polar surface area (TPSA) is 102 Å². The van der Waals surface area contributed by atoms with E-state index in [1.807, 2.05) is 50.9 Å². The minimum atomic E-state index is -0.102. The van der Waals surface area contributed by atoms with Gasteiger partial charge in [-0.3, -0.25) is 9.48 Å². The minimum absolute atomic E-state index is 0.0284. The molecule has 0 aliphatic carbocycles. The van der Waals surface area contributed by atoms with Gasteiger partial charge >= 0.3 is 0 Å². The van der Waals surface area contributed by atoms with E-state index in [9.17, 15) is 4.79 Å². The van der Waals surface area contributed by atoms with Crippen molar-refractivity contribution in [3.8, 4) is 0 Å². The van der Waals surface area contributed by atoms with Gasteiger partial charge in [-0.1, -0.05) is 0 Å². The molecule has 0 aromatic carbocycles. The van der Waals surface area contributed by atoms with E-state index in [-0.39, 0.29) is 11.9 Å². The van der Waals surface area contributed by atoms with Gasteiger partial charge in [0.05, 0.1) is 17.4 Å². The lowest BCUT2D eigenvalue weighted by atomic mass is 9.98. The summed E-state index contributed by atoms with van der Waals surface area (Å²) >= 11 is 0. The number of nitrogens with one attached hydrogen (secondary N) is 1. The van der Waals surface area contributed by atoms with Crippen LogP contribution >= 0.6 is 0 Å². The number of anilines is 2. The van der Waals surface area contributed by atoms with Gasteiger partial charge in [0, 0.05) is 43.3 Å². The molecular formula is C23H28N8O. The number of carbonyl (C=O) groups excluding carboxylic acids is 1. The fraction of sp³-hybridized carbons (Fsp3) is 0.391. The van der Waals surface area contributed by atoms with Gasteiger partial charge in [0.15, 0.2) is 0 Å². The predicted octanol–water partition coefficient (Wildman–Crippen LogP) is 3.44. The summed E-state index contributed by atoms with van der Waals surface area (Å²) in [5.41, 5.74) is 3.47. The Morgan fingerprint density at radius 2 is 1.88 bits per heavy atom. The zero-order chi connectivity index (χ0) is 22.7. The highest BCUT2D eigenvalue weighted by Gasteiger charge is 2.28. The molecule has 166 valence electrons. The van der Waals surface area contributed by atoms with Crippen LogP contribution in [0.15, 0.2) is 30.5 Å². The summed E-state index contributed by atoms with van der Waals surface area (Å²) < 4.78 is 1.73. The van der Waals surface area contributed by atoms with Crippen LogP contribution in [0.25, 0.3) is 6.08 Å². The van der Waals surface area contributed by atoms with Gasteiger partial charge in [0.25, 0.3) is 0 Å². The molecule has 9 heteroatoms. The van der Waals surface area contributed by atoms with E-state index in [4.69, 9.17) is 0 Å². The summed E-state index contributed by atoms with van der Waals surface area (Å²) in [7, 11) is 1.85. The molecule has 1 saturated heterocycles. The maximum absolute atomic E-state index is 13.1. The summed E-state index contributed by atoms with van der Waals surface area (Å²) in [5.74, 6) is 1.74. The smallest absolute Gasteiger partial charge is 0.247 e. The first-order chi connectivity index (χ1) is 15.4. The Morgan fingerprint density at radius 3 is 2.59 bits per heavy atom. The Morgan fingerprint density at radius 1 is 1.09 bits per heavy atom. The van der Waals surface area contributed by atoms with Gasteiger partial charge in [0.1, 0.15) is 11.6 Å². The predicted molar refractivity (Wildman–Crippen MR) is 122 cm³/mol. The summed E-state index contributed by atoms with van der Waals surface area (Å²) in [4.78, 5) is 33.0. The highest BCUT2D eigenvalue weighted by molar-refractivity contribution is 5.91. The van der Waals surface area contributed by atoms with Crippen LogP contribution in [0.2, 0.25) is 0 Å². The van der Waals surface area contributed by atoms with Crippen LogP contribution < -0.4 is 5.32 Å². The molecule has 1 aliphatic heterocycles. The van der Waals surface area contributed by atoms with Crippen LogP contribution in [0.1, 0.15) is 53.9 Å². The number of amides is 1. The van der Waals surface area contributed by atoms with Crippen LogP contribution in [-0.2, 0) is 11.8 Å². The highest BCUT2D eigenvalue weighted by atomic mass is 16.2. The van der Waals surface area contributed by atoms with Gasteiger partial charge in [0.2, 0.25) is 11.9 Å². The Kier molecular flexibility index (Phi) is 6.25. The second-order valence-corrected chi connectivity index (χ2v) is 8.08. The van der Waals surface area contributed by atoms with Gasteiger partial charge in [-0.2, -0.15) is 5.10 Å². The summed E-state index contributed by atoms with van der Waals surface area (Å²) in [6.45, 7) is 6.42. The standard InChI is InChI=1S/C23H28N8O/c1-15-13-16(2)26-23(25-15)29-21-14-19(27-17(3)28-21)20-7-5-6-12-31(20)22(32)9-8-18-10-11-24-30(18)4/h8-11,13-14,20H,5-7,12H2,1-4H3,(H,25,26,27,28,29)/b9-8+. The third-order valence-electron chi connectivity index (χ3n) is 5.46. The van der Waals surface area contributed by atoms with Crippen molar-refractivity contribution >= 4 is 23.7 Å². The van der Waals surface area contributed by atoms with E-state index in [1.54, 1.807) is 23.0 Å². The zero-order valence-electron chi connectivity index (χ0n) is 18.9. The van der Waals surface area contributed by atoms with Crippen molar-refractivity contribution in [2.24, 2.45) is 7.05 Å². The molecule has 1 aliphatic rings. The largest absolute Gasteiger partial charge is 0.331 e. The number of aromatic nitrogens is 6. The monoisotopic (exact) mass is 432 g/mol. The molecule has 0 radical (unpaired) electrons. The molecule has 4 heterocycles. The van der Waals surface area contributed by atoms with Gasteiger partial charge in [-0.25, -0.2) is 19.9 Å². The Balaban J connectivity index is 1.58. The van der Waals surface area contributed by atoms with Crippen LogP contribution in [0, 0.1) is 20.8 Å². The van der Waals surface area contributed by atoms with E-state index >= 15 is 0 Å². The van der Waals surface area contributed by atoms with Crippen LogP contribution in [-0.4, -0.2) is 47.1 Å². The summed E-state index contributed by atoms with van der Waals surface area (Å²) in [6.07, 6.45) is 8.02. The molecule has 3 aromatic rings. The second kappa shape index (κ2) is 9.25. The molecule has 1 unspecified atom stereocenters. The fourth-order valence-corrected chi connectivity index (χ4v) is 4.02. The van der Waals surface area contributed by atoms with E-state index in [0.29, 0.717) is 24.1 Å².